The monoisotopic (exact) mass is 381 g/mol. The van der Waals surface area contributed by atoms with Crippen LogP contribution in [-0.2, 0) is 13.1 Å². The average molecular weight is 382 g/mol. The first-order chi connectivity index (χ1) is 13.2. The molecule has 1 saturated heterocycles. The Morgan fingerprint density at radius 1 is 0.815 bits per heavy atom. The van der Waals surface area contributed by atoms with Gasteiger partial charge in [-0.1, -0.05) is 60.7 Å². The molecule has 4 rings (SSSR count). The predicted molar refractivity (Wildman–Crippen MR) is 108 cm³/mol. The maximum absolute atomic E-state index is 12.8. The van der Waals surface area contributed by atoms with Gasteiger partial charge >= 0.3 is 10.6 Å². The van der Waals surface area contributed by atoms with E-state index in [0.717, 1.165) is 49.6 Å². The van der Waals surface area contributed by atoms with Crippen LogP contribution in [0.3, 0.4) is 0 Å². The van der Waals surface area contributed by atoms with E-state index in [1.807, 2.05) is 36.4 Å². The second kappa shape index (κ2) is 8.06. The van der Waals surface area contributed by atoms with Crippen molar-refractivity contribution in [1.29, 1.82) is 0 Å². The summed E-state index contributed by atoms with van der Waals surface area (Å²) in [5.41, 5.74) is 2.11. The first-order valence-corrected chi connectivity index (χ1v) is 10.1. The molecule has 0 amide bonds. The lowest BCUT2D eigenvalue weighted by Gasteiger charge is -2.31. The van der Waals surface area contributed by atoms with Gasteiger partial charge in [-0.2, -0.15) is 0 Å². The van der Waals surface area contributed by atoms with Crippen LogP contribution < -0.4 is 10.6 Å². The Labute approximate surface area is 162 Å². The van der Waals surface area contributed by atoms with Gasteiger partial charge in [-0.15, -0.1) is 0 Å². The third-order valence-corrected chi connectivity index (χ3v) is 6.17. The molecule has 27 heavy (non-hydrogen) atoms. The number of piperidine rings is 1. The topological polar surface area (TPSA) is 47.2 Å². The lowest BCUT2D eigenvalue weighted by atomic mass is 10.0. The van der Waals surface area contributed by atoms with E-state index in [0.29, 0.717) is 6.54 Å². The molecule has 0 aliphatic carbocycles. The third kappa shape index (κ3) is 4.12. The van der Waals surface area contributed by atoms with E-state index in [4.69, 9.17) is 0 Å². The highest BCUT2D eigenvalue weighted by Crippen LogP contribution is 2.23. The lowest BCUT2D eigenvalue weighted by Crippen LogP contribution is -2.37. The van der Waals surface area contributed by atoms with E-state index >= 15 is 0 Å². The van der Waals surface area contributed by atoms with Crippen LogP contribution in [0.25, 0.3) is 0 Å². The van der Waals surface area contributed by atoms with Gasteiger partial charge in [-0.3, -0.25) is 9.69 Å². The molecule has 1 aliphatic heterocycles. The van der Waals surface area contributed by atoms with Crippen molar-refractivity contribution in [3.63, 3.8) is 0 Å². The maximum atomic E-state index is 12.8. The largest absolute Gasteiger partial charge is 0.341 e. The minimum Gasteiger partial charge on any atom is -0.299 e. The molecule has 0 unspecified atom stereocenters. The van der Waals surface area contributed by atoms with Gasteiger partial charge < -0.3 is 0 Å². The van der Waals surface area contributed by atoms with Gasteiger partial charge in [-0.05, 0) is 24.0 Å². The summed E-state index contributed by atoms with van der Waals surface area (Å²) >= 11 is 1.07. The van der Waals surface area contributed by atoms with Crippen LogP contribution in [0.2, 0.25) is 0 Å². The van der Waals surface area contributed by atoms with Crippen molar-refractivity contribution < 1.29 is 0 Å². The van der Waals surface area contributed by atoms with Gasteiger partial charge in [0.15, 0.2) is 0 Å². The van der Waals surface area contributed by atoms with Crippen molar-refractivity contribution in [1.82, 2.24) is 13.4 Å². The molecule has 0 radical (unpaired) electrons. The summed E-state index contributed by atoms with van der Waals surface area (Å²) < 4.78 is 3.06. The van der Waals surface area contributed by atoms with Crippen molar-refractivity contribution in [2.45, 2.75) is 32.0 Å². The molecule has 0 N–H and O–H groups in total. The Bertz CT molecular complexity index is 984. The number of benzene rings is 2. The van der Waals surface area contributed by atoms with E-state index in [2.05, 4.69) is 29.2 Å². The van der Waals surface area contributed by atoms with Crippen molar-refractivity contribution in [3.8, 4) is 0 Å². The highest BCUT2D eigenvalue weighted by atomic mass is 32.1. The summed E-state index contributed by atoms with van der Waals surface area (Å²) in [4.78, 5) is 27.4. The molecule has 2 heterocycles. The van der Waals surface area contributed by atoms with Gasteiger partial charge in [0.2, 0.25) is 0 Å². The highest BCUT2D eigenvalue weighted by Gasteiger charge is 2.24. The van der Waals surface area contributed by atoms with Crippen molar-refractivity contribution >= 4 is 11.5 Å². The molecule has 0 spiro atoms. The van der Waals surface area contributed by atoms with E-state index in [1.165, 1.54) is 10.1 Å². The number of nitrogens with zero attached hydrogens (tertiary/aromatic N) is 3. The highest BCUT2D eigenvalue weighted by molar-refractivity contribution is 7.03. The van der Waals surface area contributed by atoms with Crippen LogP contribution in [0.1, 0.15) is 30.0 Å². The number of likely N-dealkylation sites (tertiary alicyclic amines) is 1. The molecule has 6 heteroatoms. The van der Waals surface area contributed by atoms with E-state index in [-0.39, 0.29) is 16.6 Å². The van der Waals surface area contributed by atoms with Crippen LogP contribution in [0, 0.1) is 0 Å². The van der Waals surface area contributed by atoms with E-state index in [9.17, 15) is 9.59 Å². The summed E-state index contributed by atoms with van der Waals surface area (Å²) in [5.74, 6) is 0. The number of hydrogen-bond donors (Lipinski definition) is 0. The van der Waals surface area contributed by atoms with Crippen LogP contribution in [-0.4, -0.2) is 26.5 Å². The molecular weight excluding hydrogens is 358 g/mol. The minimum atomic E-state index is -0.171. The molecule has 3 aromatic rings. The normalized spacial score (nSPS) is 15.9. The van der Waals surface area contributed by atoms with Crippen LogP contribution in [0.4, 0.5) is 0 Å². The van der Waals surface area contributed by atoms with Crippen LogP contribution in [0.15, 0.2) is 70.3 Å². The van der Waals surface area contributed by atoms with Gasteiger partial charge in [-0.25, -0.2) is 13.3 Å². The van der Waals surface area contributed by atoms with Gasteiger partial charge in [0, 0.05) is 31.2 Å². The van der Waals surface area contributed by atoms with Crippen molar-refractivity contribution in [3.05, 3.63) is 91.9 Å². The summed E-state index contributed by atoms with van der Waals surface area (Å²) in [6.45, 7) is 3.16. The summed E-state index contributed by atoms with van der Waals surface area (Å²) in [6, 6.07) is 20.2. The predicted octanol–water partition coefficient (Wildman–Crippen LogP) is 2.96. The molecule has 2 aromatic carbocycles. The van der Waals surface area contributed by atoms with Gasteiger partial charge in [0.1, 0.15) is 0 Å². The van der Waals surface area contributed by atoms with Crippen molar-refractivity contribution in [2.24, 2.45) is 0 Å². The number of rotatable bonds is 5. The zero-order valence-electron chi connectivity index (χ0n) is 15.2. The molecular formula is C21H23N3O2S. The maximum Gasteiger partial charge on any atom is 0.341 e. The number of hydrogen-bond acceptors (Lipinski definition) is 4. The molecule has 5 nitrogen and oxygen atoms in total. The molecule has 0 saturated carbocycles. The fraction of sp³-hybridized carbons (Fsp3) is 0.333. The smallest absolute Gasteiger partial charge is 0.299 e. The van der Waals surface area contributed by atoms with Gasteiger partial charge in [0.05, 0.1) is 12.6 Å². The zero-order chi connectivity index (χ0) is 18.6. The zero-order valence-corrected chi connectivity index (χ0v) is 16.0. The van der Waals surface area contributed by atoms with E-state index < -0.39 is 0 Å². The lowest BCUT2D eigenvalue weighted by molar-refractivity contribution is 0.182. The second-order valence-corrected chi connectivity index (χ2v) is 7.96. The molecule has 1 aromatic heterocycles. The number of aromatic nitrogens is 2. The standard InChI is InChI=1S/C21H23N3O2S/c25-20-23(16-18-9-5-2-6-10-18)21(26)27-24(20)19-11-13-22(14-12-19)15-17-7-3-1-4-8-17/h1-10,19H,11-16H2. The third-order valence-electron chi connectivity index (χ3n) is 5.14. The Morgan fingerprint density at radius 3 is 1.96 bits per heavy atom. The molecule has 140 valence electrons. The van der Waals surface area contributed by atoms with Crippen LogP contribution in [0.5, 0.6) is 0 Å². The quantitative estimate of drug-likeness (QED) is 0.683. The Kier molecular flexibility index (Phi) is 5.36. The Morgan fingerprint density at radius 2 is 1.37 bits per heavy atom. The molecule has 1 fully saturated rings. The fourth-order valence-electron chi connectivity index (χ4n) is 3.65. The van der Waals surface area contributed by atoms with Crippen molar-refractivity contribution in [2.75, 3.05) is 13.1 Å². The fourth-order valence-corrected chi connectivity index (χ4v) is 4.60. The summed E-state index contributed by atoms with van der Waals surface area (Å²) in [7, 11) is 0. The van der Waals surface area contributed by atoms with E-state index in [1.54, 1.807) is 3.96 Å². The minimum absolute atomic E-state index is 0.124. The summed E-state index contributed by atoms with van der Waals surface area (Å²) in [6.07, 6.45) is 1.80. The molecule has 0 atom stereocenters. The molecule has 1 aliphatic rings. The van der Waals surface area contributed by atoms with Crippen LogP contribution >= 0.6 is 11.5 Å². The average Bonchev–Trinajstić information content (AvgIpc) is 2.98. The van der Waals surface area contributed by atoms with Gasteiger partial charge in [0.25, 0.3) is 0 Å². The first kappa shape index (κ1) is 17.9. The first-order valence-electron chi connectivity index (χ1n) is 9.33. The molecule has 0 bridgehead atoms. The Balaban J connectivity index is 1.44. The Hall–Kier alpha value is -2.44. The second-order valence-electron chi connectivity index (χ2n) is 7.03. The summed E-state index contributed by atoms with van der Waals surface area (Å²) in [5, 5.41) is 0. The SMILES string of the molecule is O=c1sn(C2CCN(Cc3ccccc3)CC2)c(=O)n1Cc1ccccc1.